The summed E-state index contributed by atoms with van der Waals surface area (Å²) in [4.78, 5) is 10.2. The smallest absolute Gasteiger partial charge is 0.271 e. The summed E-state index contributed by atoms with van der Waals surface area (Å²) in [6.45, 7) is 0. The van der Waals surface area contributed by atoms with Crippen molar-refractivity contribution < 1.29 is 18.1 Å². The van der Waals surface area contributed by atoms with Gasteiger partial charge in [-0.2, -0.15) is 0 Å². The van der Waals surface area contributed by atoms with Gasteiger partial charge in [0.05, 0.1) is 22.6 Å². The number of nitrogens with one attached hydrogen (secondary N) is 1. The summed E-state index contributed by atoms with van der Waals surface area (Å²) in [6, 6.07) is 9.19. The predicted molar refractivity (Wildman–Crippen MR) is 81.3 cm³/mol. The van der Waals surface area contributed by atoms with Crippen molar-refractivity contribution in [2.45, 2.75) is 4.90 Å². The molecule has 0 radical (unpaired) electrons. The molecule has 0 unspecified atom stereocenters. The van der Waals surface area contributed by atoms with Crippen LogP contribution in [0.2, 0.25) is 0 Å². The second-order valence-corrected chi connectivity index (χ2v) is 6.00. The summed E-state index contributed by atoms with van der Waals surface area (Å²) in [5.74, 6) is 0.171. The molecule has 0 bridgehead atoms. The van der Waals surface area contributed by atoms with Crippen LogP contribution in [-0.4, -0.2) is 20.5 Å². The number of hydrogen-bond donors (Lipinski definition) is 2. The third-order valence-corrected chi connectivity index (χ3v) is 4.21. The van der Waals surface area contributed by atoms with Crippen LogP contribution in [0, 0.1) is 10.1 Å². The van der Waals surface area contributed by atoms with Crippen molar-refractivity contribution in [2.24, 2.45) is 0 Å². The lowest BCUT2D eigenvalue weighted by Gasteiger charge is -2.11. The summed E-state index contributed by atoms with van der Waals surface area (Å²) in [6.07, 6.45) is 0. The zero-order valence-electron chi connectivity index (χ0n) is 11.5. The van der Waals surface area contributed by atoms with Gasteiger partial charge >= 0.3 is 0 Å². The summed E-state index contributed by atoms with van der Waals surface area (Å²) in [5, 5.41) is 10.8. The highest BCUT2D eigenvalue weighted by molar-refractivity contribution is 7.92. The molecule has 3 N–H and O–H groups in total. The molecule has 0 amide bonds. The SMILES string of the molecule is COc1ccc([N+](=O)[O-])cc1NS(=O)(=O)c1ccc(N)cc1. The monoisotopic (exact) mass is 323 g/mol. The number of rotatable bonds is 5. The fraction of sp³-hybridized carbons (Fsp3) is 0.0769. The number of nitro groups is 1. The Morgan fingerprint density at radius 1 is 1.18 bits per heavy atom. The molecule has 0 atom stereocenters. The van der Waals surface area contributed by atoms with Gasteiger partial charge in [0, 0.05) is 17.8 Å². The molecule has 0 aliphatic heterocycles. The first-order valence-corrected chi connectivity index (χ1v) is 7.52. The Bertz CT molecular complexity index is 803. The fourth-order valence-corrected chi connectivity index (χ4v) is 2.80. The van der Waals surface area contributed by atoms with E-state index < -0.39 is 14.9 Å². The van der Waals surface area contributed by atoms with Gasteiger partial charge in [0.15, 0.2) is 0 Å². The molecule has 0 saturated heterocycles. The first kappa shape index (κ1) is 15.6. The van der Waals surface area contributed by atoms with E-state index in [1.165, 1.54) is 43.5 Å². The summed E-state index contributed by atoms with van der Waals surface area (Å²) < 4.78 is 31.9. The van der Waals surface area contributed by atoms with Gasteiger partial charge in [-0.1, -0.05) is 0 Å². The Balaban J connectivity index is 2.42. The number of hydrogen-bond acceptors (Lipinski definition) is 6. The fourth-order valence-electron chi connectivity index (χ4n) is 1.74. The van der Waals surface area contributed by atoms with Crippen LogP contribution in [0.4, 0.5) is 17.1 Å². The molecule has 2 aromatic rings. The van der Waals surface area contributed by atoms with E-state index in [1.54, 1.807) is 0 Å². The molecule has 0 aromatic heterocycles. The maximum atomic E-state index is 12.3. The van der Waals surface area contributed by atoms with Crippen molar-refractivity contribution in [3.63, 3.8) is 0 Å². The van der Waals surface area contributed by atoms with E-state index in [1.807, 2.05) is 0 Å². The Hall–Kier alpha value is -2.81. The van der Waals surface area contributed by atoms with Crippen LogP contribution >= 0.6 is 0 Å². The predicted octanol–water partition coefficient (Wildman–Crippen LogP) is 1.99. The molecule has 0 saturated carbocycles. The highest BCUT2D eigenvalue weighted by atomic mass is 32.2. The number of anilines is 2. The molecule has 8 nitrogen and oxygen atoms in total. The lowest BCUT2D eigenvalue weighted by Crippen LogP contribution is -2.13. The number of ether oxygens (including phenoxy) is 1. The number of nitrogens with two attached hydrogens (primary N) is 1. The Labute approximate surface area is 126 Å². The Morgan fingerprint density at radius 2 is 1.82 bits per heavy atom. The van der Waals surface area contributed by atoms with Crippen LogP contribution < -0.4 is 15.2 Å². The van der Waals surface area contributed by atoms with Gasteiger partial charge in [-0.3, -0.25) is 14.8 Å². The van der Waals surface area contributed by atoms with Crippen LogP contribution in [0.15, 0.2) is 47.4 Å². The van der Waals surface area contributed by atoms with E-state index in [-0.39, 0.29) is 22.0 Å². The van der Waals surface area contributed by atoms with E-state index in [0.717, 1.165) is 6.07 Å². The number of nitrogens with zero attached hydrogens (tertiary/aromatic N) is 1. The van der Waals surface area contributed by atoms with Crippen molar-refractivity contribution in [3.8, 4) is 5.75 Å². The highest BCUT2D eigenvalue weighted by Crippen LogP contribution is 2.30. The molecule has 0 aliphatic carbocycles. The molecule has 0 spiro atoms. The van der Waals surface area contributed by atoms with E-state index in [0.29, 0.717) is 5.69 Å². The average molecular weight is 323 g/mol. The Morgan fingerprint density at radius 3 is 2.36 bits per heavy atom. The minimum absolute atomic E-state index is 0.0183. The zero-order chi connectivity index (χ0) is 16.3. The molecular formula is C13H13N3O5S. The number of non-ortho nitro benzene ring substituents is 1. The van der Waals surface area contributed by atoms with Crippen LogP contribution in [0.3, 0.4) is 0 Å². The third-order valence-electron chi connectivity index (χ3n) is 2.83. The second kappa shape index (κ2) is 5.90. The van der Waals surface area contributed by atoms with Gasteiger partial charge in [0.1, 0.15) is 5.75 Å². The van der Waals surface area contributed by atoms with E-state index in [9.17, 15) is 18.5 Å². The third kappa shape index (κ3) is 3.26. The molecule has 0 heterocycles. The zero-order valence-corrected chi connectivity index (χ0v) is 12.3. The summed E-state index contributed by atoms with van der Waals surface area (Å²) >= 11 is 0. The lowest BCUT2D eigenvalue weighted by molar-refractivity contribution is -0.384. The van der Waals surface area contributed by atoms with Gasteiger partial charge < -0.3 is 10.5 Å². The molecule has 9 heteroatoms. The topological polar surface area (TPSA) is 125 Å². The van der Waals surface area contributed by atoms with E-state index >= 15 is 0 Å². The highest BCUT2D eigenvalue weighted by Gasteiger charge is 2.19. The number of nitrogen functional groups attached to an aromatic ring is 1. The van der Waals surface area contributed by atoms with E-state index in [2.05, 4.69) is 4.72 Å². The Kier molecular flexibility index (Phi) is 4.18. The van der Waals surface area contributed by atoms with Crippen molar-refractivity contribution in [1.29, 1.82) is 0 Å². The maximum absolute atomic E-state index is 12.3. The van der Waals surface area contributed by atoms with Crippen molar-refractivity contribution in [2.75, 3.05) is 17.6 Å². The molecule has 0 aliphatic rings. The molecule has 2 rings (SSSR count). The standard InChI is InChI=1S/C13H13N3O5S/c1-21-13-7-4-10(16(17)18)8-12(13)15-22(19,20)11-5-2-9(14)3-6-11/h2-8,15H,14H2,1H3. The molecule has 2 aromatic carbocycles. The largest absolute Gasteiger partial charge is 0.495 e. The minimum Gasteiger partial charge on any atom is -0.495 e. The molecule has 116 valence electrons. The normalized spacial score (nSPS) is 11.0. The average Bonchev–Trinajstić information content (AvgIpc) is 2.47. The van der Waals surface area contributed by atoms with Crippen molar-refractivity contribution >= 4 is 27.1 Å². The number of sulfonamides is 1. The molecular weight excluding hydrogens is 310 g/mol. The number of methoxy groups -OCH3 is 1. The van der Waals surface area contributed by atoms with Crippen LogP contribution in [0.5, 0.6) is 5.75 Å². The van der Waals surface area contributed by atoms with Gasteiger partial charge in [0.25, 0.3) is 15.7 Å². The van der Waals surface area contributed by atoms with Crippen LogP contribution in [0.1, 0.15) is 0 Å². The first-order chi connectivity index (χ1) is 10.3. The molecule has 22 heavy (non-hydrogen) atoms. The quantitative estimate of drug-likeness (QED) is 0.492. The minimum atomic E-state index is -3.91. The van der Waals surface area contributed by atoms with Crippen molar-refractivity contribution in [1.82, 2.24) is 0 Å². The van der Waals surface area contributed by atoms with Crippen LogP contribution in [-0.2, 0) is 10.0 Å². The van der Waals surface area contributed by atoms with Gasteiger partial charge in [-0.15, -0.1) is 0 Å². The van der Waals surface area contributed by atoms with Crippen molar-refractivity contribution in [3.05, 3.63) is 52.6 Å². The number of benzene rings is 2. The van der Waals surface area contributed by atoms with Crippen LogP contribution in [0.25, 0.3) is 0 Å². The second-order valence-electron chi connectivity index (χ2n) is 4.32. The van der Waals surface area contributed by atoms with Gasteiger partial charge in [0.2, 0.25) is 0 Å². The van der Waals surface area contributed by atoms with Gasteiger partial charge in [-0.05, 0) is 30.3 Å². The summed E-state index contributed by atoms with van der Waals surface area (Å²) in [5.41, 5.74) is 5.66. The van der Waals surface area contributed by atoms with Gasteiger partial charge in [-0.25, -0.2) is 8.42 Å². The lowest BCUT2D eigenvalue weighted by atomic mass is 10.2. The summed E-state index contributed by atoms with van der Waals surface area (Å²) in [7, 11) is -2.58. The number of nitro benzene ring substituents is 1. The van der Waals surface area contributed by atoms with E-state index in [4.69, 9.17) is 10.5 Å². The first-order valence-electron chi connectivity index (χ1n) is 6.04. The molecule has 0 fully saturated rings. The maximum Gasteiger partial charge on any atom is 0.271 e.